The Labute approximate surface area is 143 Å². The normalized spacial score (nSPS) is 13.6. The Morgan fingerprint density at radius 3 is 2.04 bits per heavy atom. The van der Waals surface area contributed by atoms with Crippen LogP contribution in [0.1, 0.15) is 39.1 Å². The average molecular weight is 335 g/mol. The highest BCUT2D eigenvalue weighted by Gasteiger charge is 2.30. The number of nitrogens with zero attached hydrogens (tertiary/aromatic N) is 2. The van der Waals surface area contributed by atoms with Crippen LogP contribution in [0.15, 0.2) is 42.7 Å². The second kappa shape index (κ2) is 7.06. The number of carbonyl (C=O) groups is 1. The number of halogens is 1. The van der Waals surface area contributed by atoms with E-state index in [0.717, 1.165) is 11.4 Å². The van der Waals surface area contributed by atoms with E-state index in [1.807, 2.05) is 51.1 Å². The van der Waals surface area contributed by atoms with Crippen molar-refractivity contribution in [1.82, 2.24) is 9.97 Å². The first-order valence-electron chi connectivity index (χ1n) is 7.19. The minimum atomic E-state index is -1.12. The van der Waals surface area contributed by atoms with Crippen molar-refractivity contribution in [1.29, 1.82) is 0 Å². The van der Waals surface area contributed by atoms with Gasteiger partial charge in [-0.25, -0.2) is 9.97 Å². The van der Waals surface area contributed by atoms with Crippen LogP contribution in [0.25, 0.3) is 0 Å². The maximum absolute atomic E-state index is 12.4. The van der Waals surface area contributed by atoms with E-state index in [1.165, 1.54) is 0 Å². The molecular formula is C17H23ClN4O. The number of hydrogen-bond acceptors (Lipinski definition) is 4. The van der Waals surface area contributed by atoms with E-state index in [1.54, 1.807) is 19.3 Å². The van der Waals surface area contributed by atoms with Crippen molar-refractivity contribution in [3.8, 4) is 0 Å². The fourth-order valence-corrected chi connectivity index (χ4v) is 1.96. The van der Waals surface area contributed by atoms with Gasteiger partial charge < -0.3 is 11.1 Å². The van der Waals surface area contributed by atoms with Crippen LogP contribution in [0.3, 0.4) is 0 Å². The highest BCUT2D eigenvalue weighted by Crippen LogP contribution is 2.21. The zero-order valence-electron chi connectivity index (χ0n) is 13.8. The van der Waals surface area contributed by atoms with Gasteiger partial charge in [0.05, 0.1) is 18.1 Å². The van der Waals surface area contributed by atoms with E-state index in [0.29, 0.717) is 5.69 Å². The number of anilines is 1. The molecule has 0 aliphatic heterocycles. The Hall–Kier alpha value is -1.98. The van der Waals surface area contributed by atoms with Gasteiger partial charge in [-0.15, -0.1) is 12.4 Å². The summed E-state index contributed by atoms with van der Waals surface area (Å²) in [5, 5.41) is 2.77. The van der Waals surface area contributed by atoms with Gasteiger partial charge in [0.25, 0.3) is 0 Å². The van der Waals surface area contributed by atoms with E-state index in [4.69, 9.17) is 5.73 Å². The topological polar surface area (TPSA) is 80.9 Å². The summed E-state index contributed by atoms with van der Waals surface area (Å²) < 4.78 is 0. The molecule has 1 amide bonds. The Morgan fingerprint density at radius 2 is 1.57 bits per heavy atom. The SMILES string of the molecule is CC(C)(C)c1ncc(NC(=O)C(C)(N)c2ccccc2)cn1.Cl. The van der Waals surface area contributed by atoms with E-state index < -0.39 is 5.54 Å². The molecule has 0 spiro atoms. The van der Waals surface area contributed by atoms with Crippen molar-refractivity contribution in [2.45, 2.75) is 38.6 Å². The summed E-state index contributed by atoms with van der Waals surface area (Å²) in [6.45, 7) is 7.79. The molecule has 1 atom stereocenters. The Morgan fingerprint density at radius 1 is 1.04 bits per heavy atom. The highest BCUT2D eigenvalue weighted by molar-refractivity contribution is 5.98. The van der Waals surface area contributed by atoms with Gasteiger partial charge in [0.2, 0.25) is 5.91 Å². The Kier molecular flexibility index (Phi) is 5.86. The fraction of sp³-hybridized carbons (Fsp3) is 0.353. The molecule has 1 unspecified atom stereocenters. The van der Waals surface area contributed by atoms with Crippen molar-refractivity contribution >= 4 is 24.0 Å². The molecule has 1 aromatic carbocycles. The molecule has 2 aromatic rings. The first kappa shape index (κ1) is 19.1. The number of hydrogen-bond donors (Lipinski definition) is 2. The molecule has 0 radical (unpaired) electrons. The van der Waals surface area contributed by atoms with Crippen LogP contribution in [0.5, 0.6) is 0 Å². The lowest BCUT2D eigenvalue weighted by Gasteiger charge is -2.24. The minimum Gasteiger partial charge on any atom is -0.322 e. The van der Waals surface area contributed by atoms with Crippen molar-refractivity contribution in [2.75, 3.05) is 5.32 Å². The summed E-state index contributed by atoms with van der Waals surface area (Å²) in [5.74, 6) is 0.426. The number of nitrogens with one attached hydrogen (secondary N) is 1. The van der Waals surface area contributed by atoms with E-state index in [2.05, 4.69) is 15.3 Å². The standard InChI is InChI=1S/C17H22N4O.ClH/c1-16(2,3)14-19-10-13(11-20-14)21-15(22)17(4,18)12-8-6-5-7-9-12;/h5-11H,18H2,1-4H3,(H,21,22);1H. The van der Waals surface area contributed by atoms with Gasteiger partial charge in [0, 0.05) is 5.41 Å². The molecule has 5 nitrogen and oxygen atoms in total. The molecule has 124 valence electrons. The average Bonchev–Trinajstić information content (AvgIpc) is 2.47. The van der Waals surface area contributed by atoms with E-state index in [9.17, 15) is 4.79 Å². The highest BCUT2D eigenvalue weighted by atomic mass is 35.5. The molecule has 23 heavy (non-hydrogen) atoms. The van der Waals surface area contributed by atoms with Crippen molar-refractivity contribution in [2.24, 2.45) is 5.73 Å². The van der Waals surface area contributed by atoms with Crippen molar-refractivity contribution < 1.29 is 4.79 Å². The number of carbonyl (C=O) groups excluding carboxylic acids is 1. The summed E-state index contributed by atoms with van der Waals surface area (Å²) in [4.78, 5) is 21.0. The first-order valence-corrected chi connectivity index (χ1v) is 7.19. The molecule has 0 fully saturated rings. The summed E-state index contributed by atoms with van der Waals surface area (Å²) in [6, 6.07) is 9.26. The minimum absolute atomic E-state index is 0. The lowest BCUT2D eigenvalue weighted by molar-refractivity contribution is -0.120. The summed E-state index contributed by atoms with van der Waals surface area (Å²) in [7, 11) is 0. The molecule has 6 heteroatoms. The zero-order valence-corrected chi connectivity index (χ0v) is 14.6. The van der Waals surface area contributed by atoms with Gasteiger partial charge in [-0.2, -0.15) is 0 Å². The van der Waals surface area contributed by atoms with Crippen LogP contribution >= 0.6 is 12.4 Å². The second-order valence-corrected chi connectivity index (χ2v) is 6.57. The lowest BCUT2D eigenvalue weighted by Crippen LogP contribution is -2.45. The molecule has 0 aliphatic carbocycles. The third kappa shape index (κ3) is 4.50. The lowest BCUT2D eigenvalue weighted by atomic mass is 9.92. The van der Waals surface area contributed by atoms with Crippen LogP contribution in [0.4, 0.5) is 5.69 Å². The number of rotatable bonds is 3. The largest absolute Gasteiger partial charge is 0.322 e. The van der Waals surface area contributed by atoms with Gasteiger partial charge >= 0.3 is 0 Å². The zero-order chi connectivity index (χ0) is 16.4. The third-order valence-electron chi connectivity index (χ3n) is 3.43. The van der Waals surface area contributed by atoms with Gasteiger partial charge in [0.1, 0.15) is 11.4 Å². The number of amides is 1. The Balaban J connectivity index is 0.00000264. The smallest absolute Gasteiger partial charge is 0.248 e. The fourth-order valence-electron chi connectivity index (χ4n) is 1.96. The summed E-state index contributed by atoms with van der Waals surface area (Å²) in [5.41, 5.74) is 6.21. The van der Waals surface area contributed by atoms with Crippen molar-refractivity contribution in [3.05, 3.63) is 54.1 Å². The molecule has 0 bridgehead atoms. The van der Waals surface area contributed by atoms with E-state index >= 15 is 0 Å². The number of nitrogens with two attached hydrogens (primary N) is 1. The molecule has 1 aromatic heterocycles. The molecule has 0 saturated heterocycles. The maximum atomic E-state index is 12.4. The summed E-state index contributed by atoms with van der Waals surface area (Å²) in [6.07, 6.45) is 3.21. The van der Waals surface area contributed by atoms with Gasteiger partial charge in [0.15, 0.2) is 0 Å². The van der Waals surface area contributed by atoms with Crippen LogP contribution < -0.4 is 11.1 Å². The monoisotopic (exact) mass is 334 g/mol. The van der Waals surface area contributed by atoms with Crippen LogP contribution in [0, 0.1) is 0 Å². The molecule has 2 rings (SSSR count). The molecule has 3 N–H and O–H groups in total. The van der Waals surface area contributed by atoms with Crippen LogP contribution in [-0.2, 0) is 15.7 Å². The van der Waals surface area contributed by atoms with Gasteiger partial charge in [-0.05, 0) is 12.5 Å². The molecular weight excluding hydrogens is 312 g/mol. The summed E-state index contributed by atoms with van der Waals surface area (Å²) >= 11 is 0. The molecule has 0 saturated carbocycles. The van der Waals surface area contributed by atoms with Gasteiger partial charge in [-0.3, -0.25) is 4.79 Å². The van der Waals surface area contributed by atoms with E-state index in [-0.39, 0.29) is 23.7 Å². The Bertz CT molecular complexity index is 649. The predicted octanol–water partition coefficient (Wildman–Crippen LogP) is 3.01. The quantitative estimate of drug-likeness (QED) is 0.904. The van der Waals surface area contributed by atoms with Gasteiger partial charge in [-0.1, -0.05) is 51.1 Å². The third-order valence-corrected chi connectivity index (χ3v) is 3.43. The molecule has 0 aliphatic rings. The second-order valence-electron chi connectivity index (χ2n) is 6.57. The maximum Gasteiger partial charge on any atom is 0.248 e. The molecule has 1 heterocycles. The first-order chi connectivity index (χ1) is 10.2. The number of benzene rings is 1. The number of aromatic nitrogens is 2. The predicted molar refractivity (Wildman–Crippen MR) is 94.6 cm³/mol. The van der Waals surface area contributed by atoms with Crippen LogP contribution in [-0.4, -0.2) is 15.9 Å². The van der Waals surface area contributed by atoms with Crippen LogP contribution in [0.2, 0.25) is 0 Å². The van der Waals surface area contributed by atoms with Crippen molar-refractivity contribution in [3.63, 3.8) is 0 Å².